The lowest BCUT2D eigenvalue weighted by Crippen LogP contribution is -2.29. The van der Waals surface area contributed by atoms with Gasteiger partial charge in [-0.1, -0.05) is 38.1 Å². The first-order valence-electron chi connectivity index (χ1n) is 13.7. The average Bonchev–Trinajstić information content (AvgIpc) is 3.19. The van der Waals surface area contributed by atoms with Gasteiger partial charge in [0.05, 0.1) is 18.7 Å². The summed E-state index contributed by atoms with van der Waals surface area (Å²) in [7, 11) is 1.60. The van der Waals surface area contributed by atoms with E-state index in [1.54, 1.807) is 19.2 Å². The van der Waals surface area contributed by atoms with E-state index in [0.29, 0.717) is 22.4 Å². The molecule has 1 aliphatic heterocycles. The normalized spacial score (nSPS) is 16.6. The molecule has 3 aromatic rings. The number of nitrogens with zero attached hydrogens (tertiary/aromatic N) is 2. The minimum Gasteiger partial charge on any atom is -0.507 e. The SMILES string of the molecule is CCN(CC)c1ccc(C2/C(=C(\O)c3cc(C(C)C)c(OC)cc3C)C(=O)C(=O)N2Cc2ccc(F)cc2)cc1. The van der Waals surface area contributed by atoms with Crippen molar-refractivity contribution in [2.75, 3.05) is 25.1 Å². The molecule has 7 heteroatoms. The summed E-state index contributed by atoms with van der Waals surface area (Å²) in [4.78, 5) is 30.7. The van der Waals surface area contributed by atoms with Gasteiger partial charge in [0.25, 0.3) is 11.7 Å². The van der Waals surface area contributed by atoms with Gasteiger partial charge in [0, 0.05) is 30.9 Å². The molecule has 0 radical (unpaired) electrons. The predicted octanol–water partition coefficient (Wildman–Crippen LogP) is 6.73. The number of halogens is 1. The Morgan fingerprint density at radius 1 is 1.02 bits per heavy atom. The van der Waals surface area contributed by atoms with Crippen molar-refractivity contribution in [2.45, 2.75) is 53.1 Å². The van der Waals surface area contributed by atoms with E-state index in [9.17, 15) is 19.1 Å². The van der Waals surface area contributed by atoms with Crippen molar-refractivity contribution in [1.82, 2.24) is 4.90 Å². The molecule has 0 spiro atoms. The summed E-state index contributed by atoms with van der Waals surface area (Å²) in [5, 5.41) is 11.7. The molecule has 1 unspecified atom stereocenters. The fourth-order valence-electron chi connectivity index (χ4n) is 5.36. The van der Waals surface area contributed by atoms with E-state index in [1.165, 1.54) is 17.0 Å². The van der Waals surface area contributed by atoms with E-state index in [2.05, 4.69) is 18.7 Å². The second-order valence-corrected chi connectivity index (χ2v) is 10.4. The van der Waals surface area contributed by atoms with Gasteiger partial charge in [-0.3, -0.25) is 9.59 Å². The van der Waals surface area contributed by atoms with E-state index in [1.807, 2.05) is 57.2 Å². The van der Waals surface area contributed by atoms with Gasteiger partial charge >= 0.3 is 0 Å². The monoisotopic (exact) mass is 544 g/mol. The van der Waals surface area contributed by atoms with Crippen LogP contribution >= 0.6 is 0 Å². The van der Waals surface area contributed by atoms with Gasteiger partial charge in [-0.05, 0) is 85.3 Å². The summed E-state index contributed by atoms with van der Waals surface area (Å²) in [6.45, 7) is 11.8. The number of Topliss-reactive ketones (excluding diaryl/α,β-unsaturated/α-hetero) is 1. The summed E-state index contributed by atoms with van der Waals surface area (Å²) >= 11 is 0. The van der Waals surface area contributed by atoms with Crippen LogP contribution in [0.15, 0.2) is 66.2 Å². The molecule has 1 fully saturated rings. The first-order chi connectivity index (χ1) is 19.1. The molecule has 4 rings (SSSR count). The molecular weight excluding hydrogens is 507 g/mol. The minimum atomic E-state index is -0.820. The number of likely N-dealkylation sites (tertiary alicyclic amines) is 1. The van der Waals surface area contributed by atoms with Crippen LogP contribution in [0.3, 0.4) is 0 Å². The number of ether oxygens (including phenoxy) is 1. The average molecular weight is 545 g/mol. The van der Waals surface area contributed by atoms with Crippen LogP contribution in [0, 0.1) is 12.7 Å². The predicted molar refractivity (Wildman–Crippen MR) is 156 cm³/mol. The number of ketones is 1. The molecule has 1 atom stereocenters. The fraction of sp³-hybridized carbons (Fsp3) is 0.333. The van der Waals surface area contributed by atoms with Crippen LogP contribution in [0.2, 0.25) is 0 Å². The molecule has 210 valence electrons. The van der Waals surface area contributed by atoms with Gasteiger partial charge in [0.15, 0.2) is 0 Å². The molecule has 6 nitrogen and oxygen atoms in total. The van der Waals surface area contributed by atoms with Crippen LogP contribution in [0.25, 0.3) is 5.76 Å². The lowest BCUT2D eigenvalue weighted by atomic mass is 9.91. The van der Waals surface area contributed by atoms with E-state index in [0.717, 1.165) is 29.9 Å². The maximum Gasteiger partial charge on any atom is 0.295 e. The van der Waals surface area contributed by atoms with Crippen molar-refractivity contribution in [1.29, 1.82) is 0 Å². The Kier molecular flexibility index (Phi) is 8.62. The van der Waals surface area contributed by atoms with E-state index in [4.69, 9.17) is 4.74 Å². The van der Waals surface area contributed by atoms with Crippen LogP contribution in [0.1, 0.15) is 67.5 Å². The number of aryl methyl sites for hydroxylation is 1. The van der Waals surface area contributed by atoms with Gasteiger partial charge in [-0.25, -0.2) is 4.39 Å². The molecule has 1 aliphatic rings. The summed E-state index contributed by atoms with van der Waals surface area (Å²) < 4.78 is 19.2. The summed E-state index contributed by atoms with van der Waals surface area (Å²) in [5.41, 5.74) is 4.52. The van der Waals surface area contributed by atoms with Gasteiger partial charge in [-0.2, -0.15) is 0 Å². The van der Waals surface area contributed by atoms with Gasteiger partial charge in [0.1, 0.15) is 17.3 Å². The highest BCUT2D eigenvalue weighted by Gasteiger charge is 2.46. The maximum absolute atomic E-state index is 13.6. The number of aliphatic hydroxyl groups is 1. The molecule has 0 aliphatic carbocycles. The van der Waals surface area contributed by atoms with E-state index < -0.39 is 17.7 Å². The summed E-state index contributed by atoms with van der Waals surface area (Å²) in [5.74, 6) is -1.27. The number of rotatable bonds is 9. The Hall–Kier alpha value is -4.13. The van der Waals surface area contributed by atoms with Crippen molar-refractivity contribution >= 4 is 23.1 Å². The topological polar surface area (TPSA) is 70.1 Å². The highest BCUT2D eigenvalue weighted by Crippen LogP contribution is 2.42. The number of amides is 1. The molecule has 1 amide bonds. The standard InChI is InChI=1S/C33H37FN2O4/c1-7-35(8-2)25-15-11-23(12-16-25)30-29(31(37)27-18-26(20(3)4)28(40-6)17-21(27)5)32(38)33(39)36(30)19-22-9-13-24(34)14-10-22/h9-18,20,30,37H,7-8,19H2,1-6H3/b31-29+. The van der Waals surface area contributed by atoms with Gasteiger partial charge in [0.2, 0.25) is 0 Å². The number of hydrogen-bond donors (Lipinski definition) is 1. The summed E-state index contributed by atoms with van der Waals surface area (Å²) in [6, 6.07) is 16.4. The third-order valence-corrected chi connectivity index (χ3v) is 7.60. The quantitative estimate of drug-likeness (QED) is 0.184. The molecule has 3 aromatic carbocycles. The molecule has 1 heterocycles. The third-order valence-electron chi connectivity index (χ3n) is 7.60. The fourth-order valence-corrected chi connectivity index (χ4v) is 5.36. The molecule has 0 aromatic heterocycles. The number of hydrogen-bond acceptors (Lipinski definition) is 5. The summed E-state index contributed by atoms with van der Waals surface area (Å²) in [6.07, 6.45) is 0. The van der Waals surface area contributed by atoms with Crippen molar-refractivity contribution in [3.63, 3.8) is 0 Å². The first-order valence-corrected chi connectivity index (χ1v) is 13.7. The molecule has 40 heavy (non-hydrogen) atoms. The Bertz CT molecular complexity index is 1420. The number of methoxy groups -OCH3 is 1. The van der Waals surface area contributed by atoms with Gasteiger partial charge in [-0.15, -0.1) is 0 Å². The van der Waals surface area contributed by atoms with Crippen molar-refractivity contribution < 1.29 is 23.8 Å². The van der Waals surface area contributed by atoms with Crippen molar-refractivity contribution in [3.8, 4) is 5.75 Å². The highest BCUT2D eigenvalue weighted by molar-refractivity contribution is 6.46. The van der Waals surface area contributed by atoms with Gasteiger partial charge < -0.3 is 19.6 Å². The number of benzene rings is 3. The van der Waals surface area contributed by atoms with Crippen LogP contribution in [0.4, 0.5) is 10.1 Å². The zero-order valence-electron chi connectivity index (χ0n) is 24.0. The van der Waals surface area contributed by atoms with Crippen LogP contribution in [-0.2, 0) is 16.1 Å². The second kappa shape index (κ2) is 11.9. The van der Waals surface area contributed by atoms with Crippen LogP contribution < -0.4 is 9.64 Å². The third kappa shape index (κ3) is 5.46. The Balaban J connectivity index is 1.90. The number of anilines is 1. The molecule has 0 saturated carbocycles. The largest absolute Gasteiger partial charge is 0.507 e. The van der Waals surface area contributed by atoms with Crippen LogP contribution in [0.5, 0.6) is 5.75 Å². The lowest BCUT2D eigenvalue weighted by Gasteiger charge is -2.27. The Morgan fingerprint density at radius 3 is 2.20 bits per heavy atom. The second-order valence-electron chi connectivity index (χ2n) is 10.4. The smallest absolute Gasteiger partial charge is 0.295 e. The number of aliphatic hydroxyl groups excluding tert-OH is 1. The van der Waals surface area contributed by atoms with Crippen molar-refractivity contribution in [2.24, 2.45) is 0 Å². The zero-order valence-corrected chi connectivity index (χ0v) is 24.0. The van der Waals surface area contributed by atoms with E-state index >= 15 is 0 Å². The highest BCUT2D eigenvalue weighted by atomic mass is 19.1. The maximum atomic E-state index is 13.6. The lowest BCUT2D eigenvalue weighted by molar-refractivity contribution is -0.140. The van der Waals surface area contributed by atoms with Crippen LogP contribution in [-0.4, -0.2) is 41.9 Å². The van der Waals surface area contributed by atoms with Crippen molar-refractivity contribution in [3.05, 3.63) is 99.9 Å². The molecule has 1 N–H and O–H groups in total. The molecular formula is C33H37FN2O4. The molecule has 1 saturated heterocycles. The minimum absolute atomic E-state index is 0.0330. The first kappa shape index (κ1) is 28.9. The number of carbonyl (C=O) groups excluding carboxylic acids is 2. The zero-order chi connectivity index (χ0) is 29.1. The molecule has 0 bridgehead atoms. The Labute approximate surface area is 235 Å². The van der Waals surface area contributed by atoms with E-state index in [-0.39, 0.29) is 29.6 Å². The number of carbonyl (C=O) groups is 2. The Morgan fingerprint density at radius 2 is 1.65 bits per heavy atom.